The van der Waals surface area contributed by atoms with Gasteiger partial charge in [-0.25, -0.2) is 8.78 Å². The predicted octanol–water partition coefficient (Wildman–Crippen LogP) is 2.82. The lowest BCUT2D eigenvalue weighted by molar-refractivity contribution is 0.403. The maximum Gasteiger partial charge on any atom is 0.166 e. The van der Waals surface area contributed by atoms with Crippen LogP contribution in [-0.4, -0.2) is 16.4 Å². The summed E-state index contributed by atoms with van der Waals surface area (Å²) in [5.74, 6) is -2.07. The first-order valence-corrected chi connectivity index (χ1v) is 5.33. The van der Waals surface area contributed by atoms with Crippen LogP contribution >= 0.6 is 0 Å². The number of nitrogens with zero attached hydrogens (tertiary/aromatic N) is 1. The molecule has 0 aromatic heterocycles. The molecule has 0 spiro atoms. The quantitative estimate of drug-likeness (QED) is 0.453. The second-order valence-corrected chi connectivity index (χ2v) is 3.71. The number of rotatable bonds is 3. The maximum absolute atomic E-state index is 13.3. The van der Waals surface area contributed by atoms with Crippen molar-refractivity contribution < 1.29 is 19.0 Å². The second-order valence-electron chi connectivity index (χ2n) is 3.71. The normalized spacial score (nSPS) is 10.8. The summed E-state index contributed by atoms with van der Waals surface area (Å²) < 4.78 is 25.9. The van der Waals surface area contributed by atoms with E-state index in [4.69, 9.17) is 0 Å². The smallest absolute Gasteiger partial charge is 0.166 e. The van der Waals surface area contributed by atoms with Crippen LogP contribution in [0.5, 0.6) is 11.5 Å². The Kier molecular flexibility index (Phi) is 3.61. The Labute approximate surface area is 107 Å². The Morgan fingerprint density at radius 3 is 2.63 bits per heavy atom. The van der Waals surface area contributed by atoms with E-state index < -0.39 is 11.6 Å². The Morgan fingerprint density at radius 1 is 1.11 bits per heavy atom. The van der Waals surface area contributed by atoms with E-state index in [1.54, 1.807) is 0 Å². The molecule has 0 aliphatic heterocycles. The van der Waals surface area contributed by atoms with Crippen LogP contribution in [0.15, 0.2) is 41.5 Å². The van der Waals surface area contributed by atoms with E-state index >= 15 is 0 Å². The van der Waals surface area contributed by atoms with Gasteiger partial charge in [0.25, 0.3) is 0 Å². The van der Waals surface area contributed by atoms with Gasteiger partial charge < -0.3 is 10.2 Å². The van der Waals surface area contributed by atoms with Crippen molar-refractivity contribution in [3.05, 3.63) is 53.6 Å². The molecule has 0 saturated heterocycles. The van der Waals surface area contributed by atoms with Gasteiger partial charge in [0.15, 0.2) is 17.3 Å². The number of hydrogen-bond acceptors (Lipinski definition) is 4. The van der Waals surface area contributed by atoms with Crippen LogP contribution < -0.4 is 5.43 Å². The molecule has 0 aliphatic carbocycles. The zero-order chi connectivity index (χ0) is 13.8. The number of phenolic OH excluding ortho intramolecular Hbond substituents is 2. The number of hydrogen-bond donors (Lipinski definition) is 3. The molecule has 0 radical (unpaired) electrons. The summed E-state index contributed by atoms with van der Waals surface area (Å²) >= 11 is 0. The minimum atomic E-state index is -0.780. The Morgan fingerprint density at radius 2 is 1.89 bits per heavy atom. The lowest BCUT2D eigenvalue weighted by Crippen LogP contribution is -1.94. The molecule has 19 heavy (non-hydrogen) atoms. The van der Waals surface area contributed by atoms with Crippen LogP contribution in [0.1, 0.15) is 5.56 Å². The van der Waals surface area contributed by atoms with Gasteiger partial charge in [0.1, 0.15) is 5.82 Å². The predicted molar refractivity (Wildman–Crippen MR) is 67.3 cm³/mol. The molecule has 98 valence electrons. The zero-order valence-corrected chi connectivity index (χ0v) is 9.64. The fourth-order valence-electron chi connectivity index (χ4n) is 1.40. The summed E-state index contributed by atoms with van der Waals surface area (Å²) in [6.07, 6.45) is 1.21. The van der Waals surface area contributed by atoms with Crippen molar-refractivity contribution in [3.63, 3.8) is 0 Å². The van der Waals surface area contributed by atoms with Gasteiger partial charge in [-0.3, -0.25) is 5.43 Å². The van der Waals surface area contributed by atoms with Crippen LogP contribution in [0.4, 0.5) is 14.5 Å². The van der Waals surface area contributed by atoms with Gasteiger partial charge in [0.05, 0.1) is 11.9 Å². The van der Waals surface area contributed by atoms with Crippen molar-refractivity contribution in [2.75, 3.05) is 5.43 Å². The molecule has 2 aromatic rings. The van der Waals surface area contributed by atoms with Crippen molar-refractivity contribution in [3.8, 4) is 11.5 Å². The standard InChI is InChI=1S/C13H10F2N2O2/c14-9-4-5-11(10(15)6-9)17-16-7-8-2-1-3-12(18)13(8)19/h1-7,17-19H/b16-7+. The molecule has 0 fully saturated rings. The van der Waals surface area contributed by atoms with Gasteiger partial charge >= 0.3 is 0 Å². The van der Waals surface area contributed by atoms with Crippen molar-refractivity contribution in [2.24, 2.45) is 5.10 Å². The van der Waals surface area contributed by atoms with E-state index in [0.717, 1.165) is 12.1 Å². The van der Waals surface area contributed by atoms with E-state index in [9.17, 15) is 19.0 Å². The summed E-state index contributed by atoms with van der Waals surface area (Å²) in [7, 11) is 0. The third-order valence-corrected chi connectivity index (χ3v) is 2.37. The molecule has 0 atom stereocenters. The van der Waals surface area contributed by atoms with Gasteiger partial charge in [-0.2, -0.15) is 5.10 Å². The molecule has 3 N–H and O–H groups in total. The second kappa shape index (κ2) is 5.34. The third kappa shape index (κ3) is 2.98. The highest BCUT2D eigenvalue weighted by Crippen LogP contribution is 2.26. The molecule has 2 aromatic carbocycles. The molecule has 2 rings (SSSR count). The number of benzene rings is 2. The van der Waals surface area contributed by atoms with E-state index in [0.29, 0.717) is 0 Å². The van der Waals surface area contributed by atoms with Gasteiger partial charge in [0, 0.05) is 11.6 Å². The summed E-state index contributed by atoms with van der Waals surface area (Å²) in [4.78, 5) is 0. The highest BCUT2D eigenvalue weighted by atomic mass is 19.1. The van der Waals surface area contributed by atoms with E-state index in [-0.39, 0.29) is 22.7 Å². The van der Waals surface area contributed by atoms with Crippen molar-refractivity contribution >= 4 is 11.9 Å². The first kappa shape index (κ1) is 12.8. The molecule has 0 saturated carbocycles. The molecular weight excluding hydrogens is 254 g/mol. The minimum absolute atomic E-state index is 0.00251. The highest BCUT2D eigenvalue weighted by molar-refractivity contribution is 5.85. The van der Waals surface area contributed by atoms with E-state index in [1.165, 1.54) is 30.5 Å². The number of para-hydroxylation sites is 1. The van der Waals surface area contributed by atoms with Gasteiger partial charge in [-0.1, -0.05) is 6.07 Å². The molecular formula is C13H10F2N2O2. The van der Waals surface area contributed by atoms with E-state index in [2.05, 4.69) is 10.5 Å². The van der Waals surface area contributed by atoms with Crippen LogP contribution in [0.3, 0.4) is 0 Å². The number of anilines is 1. The molecule has 0 amide bonds. The van der Waals surface area contributed by atoms with Gasteiger partial charge in [0.2, 0.25) is 0 Å². The molecule has 6 heteroatoms. The SMILES string of the molecule is Oc1cccc(/C=N/Nc2ccc(F)cc2F)c1O. The fourth-order valence-corrected chi connectivity index (χ4v) is 1.40. The number of phenols is 2. The first-order valence-electron chi connectivity index (χ1n) is 5.33. The number of hydrazone groups is 1. The largest absolute Gasteiger partial charge is 0.504 e. The van der Waals surface area contributed by atoms with Crippen LogP contribution in [0.25, 0.3) is 0 Å². The van der Waals surface area contributed by atoms with Crippen molar-refractivity contribution in [2.45, 2.75) is 0 Å². The van der Waals surface area contributed by atoms with Crippen molar-refractivity contribution in [1.29, 1.82) is 0 Å². The first-order chi connectivity index (χ1) is 9.08. The zero-order valence-electron chi connectivity index (χ0n) is 9.64. The number of nitrogens with one attached hydrogen (secondary N) is 1. The summed E-state index contributed by atoms with van der Waals surface area (Å²) in [6, 6.07) is 7.37. The van der Waals surface area contributed by atoms with Gasteiger partial charge in [-0.05, 0) is 24.3 Å². The Bertz CT molecular complexity index is 630. The summed E-state index contributed by atoms with van der Waals surface area (Å²) in [5, 5.41) is 22.4. The summed E-state index contributed by atoms with van der Waals surface area (Å²) in [5.41, 5.74) is 2.63. The topological polar surface area (TPSA) is 64.9 Å². The summed E-state index contributed by atoms with van der Waals surface area (Å²) in [6.45, 7) is 0. The number of aromatic hydroxyl groups is 2. The molecule has 0 bridgehead atoms. The Balaban J connectivity index is 2.14. The number of halogens is 2. The van der Waals surface area contributed by atoms with Crippen LogP contribution in [-0.2, 0) is 0 Å². The lowest BCUT2D eigenvalue weighted by atomic mass is 10.2. The third-order valence-electron chi connectivity index (χ3n) is 2.37. The fraction of sp³-hybridized carbons (Fsp3) is 0. The van der Waals surface area contributed by atoms with Crippen LogP contribution in [0, 0.1) is 11.6 Å². The molecule has 4 nitrogen and oxygen atoms in total. The molecule has 0 unspecified atom stereocenters. The van der Waals surface area contributed by atoms with Gasteiger partial charge in [-0.15, -0.1) is 0 Å². The monoisotopic (exact) mass is 264 g/mol. The molecule has 0 aliphatic rings. The average molecular weight is 264 g/mol. The van der Waals surface area contributed by atoms with E-state index in [1.807, 2.05) is 0 Å². The highest BCUT2D eigenvalue weighted by Gasteiger charge is 2.04. The molecule has 0 heterocycles. The maximum atomic E-state index is 13.3. The van der Waals surface area contributed by atoms with Crippen LogP contribution in [0.2, 0.25) is 0 Å². The minimum Gasteiger partial charge on any atom is -0.504 e. The lowest BCUT2D eigenvalue weighted by Gasteiger charge is -2.03. The van der Waals surface area contributed by atoms with Crippen molar-refractivity contribution in [1.82, 2.24) is 0 Å². The average Bonchev–Trinajstić information content (AvgIpc) is 2.37. The Hall–Kier alpha value is -2.63.